The molecular formula is C25H42N2O6. The molecule has 2 amide bonds. The summed E-state index contributed by atoms with van der Waals surface area (Å²) in [5.74, 6) is -1.01. The number of methoxy groups -OCH3 is 1. The number of likely N-dealkylation sites (tertiary alicyclic amines) is 1. The van der Waals surface area contributed by atoms with Crippen LogP contribution in [-0.2, 0) is 23.8 Å². The minimum absolute atomic E-state index is 0.237. The minimum Gasteiger partial charge on any atom is -0.458 e. The van der Waals surface area contributed by atoms with Crippen LogP contribution in [0.1, 0.15) is 68.2 Å². The van der Waals surface area contributed by atoms with Gasteiger partial charge in [-0.25, -0.2) is 9.59 Å². The van der Waals surface area contributed by atoms with Crippen LogP contribution in [-0.4, -0.2) is 65.4 Å². The van der Waals surface area contributed by atoms with E-state index < -0.39 is 47.5 Å². The standard InChI is InChI=1S/C25H42N2O6/c1-11-13-17-15-18(22(29)32-24(4,5)6)27(23(30)33-25(7,8)9)21(17)20(26-16(3)28)19(31-10)14-12-2/h11-13,17-21H,2,14-15H2,1,3-10H3,(H,26,28)/t17-,18+,19+,20+,21-/m1/s1. The zero-order valence-corrected chi connectivity index (χ0v) is 21.6. The molecule has 0 aromatic rings. The van der Waals surface area contributed by atoms with Gasteiger partial charge < -0.3 is 19.5 Å². The van der Waals surface area contributed by atoms with Gasteiger partial charge in [0.25, 0.3) is 0 Å². The Labute approximate surface area is 198 Å². The predicted octanol–water partition coefficient (Wildman–Crippen LogP) is 3.99. The molecule has 1 saturated heterocycles. The quantitative estimate of drug-likeness (QED) is 0.429. The van der Waals surface area contributed by atoms with Crippen molar-refractivity contribution in [2.75, 3.05) is 7.11 Å². The van der Waals surface area contributed by atoms with Gasteiger partial charge in [-0.05, 0) is 61.3 Å². The van der Waals surface area contributed by atoms with Crippen molar-refractivity contribution in [1.82, 2.24) is 10.2 Å². The van der Waals surface area contributed by atoms with Crippen LogP contribution in [0, 0.1) is 5.92 Å². The summed E-state index contributed by atoms with van der Waals surface area (Å²) in [4.78, 5) is 40.3. The van der Waals surface area contributed by atoms with E-state index in [1.807, 2.05) is 19.1 Å². The Bertz CT molecular complexity index is 734. The van der Waals surface area contributed by atoms with Gasteiger partial charge in [0.2, 0.25) is 5.91 Å². The lowest BCUT2D eigenvalue weighted by atomic mass is 9.88. The first kappa shape index (κ1) is 28.7. The summed E-state index contributed by atoms with van der Waals surface area (Å²) < 4.78 is 17.0. The molecule has 188 valence electrons. The molecule has 8 nitrogen and oxygen atoms in total. The first-order valence-electron chi connectivity index (χ1n) is 11.4. The summed E-state index contributed by atoms with van der Waals surface area (Å²) in [7, 11) is 1.55. The molecule has 1 heterocycles. The van der Waals surface area contributed by atoms with Gasteiger partial charge in [0.05, 0.1) is 18.2 Å². The highest BCUT2D eigenvalue weighted by Gasteiger charge is 2.53. The molecule has 0 bridgehead atoms. The molecule has 0 unspecified atom stereocenters. The summed E-state index contributed by atoms with van der Waals surface area (Å²) in [6.45, 7) is 17.7. The molecule has 0 spiro atoms. The number of amides is 2. The third kappa shape index (κ3) is 8.50. The molecule has 0 radical (unpaired) electrons. The number of ether oxygens (including phenoxy) is 3. The van der Waals surface area contributed by atoms with Gasteiger partial charge in [-0.3, -0.25) is 9.69 Å². The van der Waals surface area contributed by atoms with E-state index >= 15 is 0 Å². The highest BCUT2D eigenvalue weighted by molar-refractivity contribution is 5.83. The van der Waals surface area contributed by atoms with E-state index in [2.05, 4.69) is 11.9 Å². The van der Waals surface area contributed by atoms with E-state index in [1.54, 1.807) is 54.7 Å². The van der Waals surface area contributed by atoms with Gasteiger partial charge in [-0.2, -0.15) is 0 Å². The van der Waals surface area contributed by atoms with Crippen molar-refractivity contribution in [3.63, 3.8) is 0 Å². The van der Waals surface area contributed by atoms with Gasteiger partial charge in [-0.15, -0.1) is 6.58 Å². The summed E-state index contributed by atoms with van der Waals surface area (Å²) in [5, 5.41) is 2.95. The van der Waals surface area contributed by atoms with Crippen LogP contribution >= 0.6 is 0 Å². The fourth-order valence-electron chi connectivity index (χ4n) is 4.13. The SMILES string of the molecule is C=CC[C@H](OC)[C@H](NC(C)=O)[C@H]1[C@H](C=CC)C[C@@H](C(=O)OC(C)(C)C)N1C(=O)OC(C)(C)C. The summed E-state index contributed by atoms with van der Waals surface area (Å²) in [6, 6.07) is -2.07. The number of rotatable bonds is 8. The van der Waals surface area contributed by atoms with Crippen molar-refractivity contribution in [3.8, 4) is 0 Å². The third-order valence-electron chi connectivity index (χ3n) is 5.15. The number of esters is 1. The van der Waals surface area contributed by atoms with Crippen molar-refractivity contribution in [3.05, 3.63) is 24.8 Å². The second-order valence-electron chi connectivity index (χ2n) is 10.4. The van der Waals surface area contributed by atoms with Crippen LogP contribution in [0.25, 0.3) is 0 Å². The Morgan fingerprint density at radius 3 is 2.12 bits per heavy atom. The Morgan fingerprint density at radius 1 is 1.12 bits per heavy atom. The van der Waals surface area contributed by atoms with E-state index in [0.29, 0.717) is 12.8 Å². The van der Waals surface area contributed by atoms with Crippen LogP contribution in [0.5, 0.6) is 0 Å². The minimum atomic E-state index is -0.872. The Hall–Kier alpha value is -2.35. The Morgan fingerprint density at radius 2 is 1.70 bits per heavy atom. The molecule has 1 rings (SSSR count). The van der Waals surface area contributed by atoms with Crippen LogP contribution in [0.2, 0.25) is 0 Å². The van der Waals surface area contributed by atoms with E-state index in [0.717, 1.165) is 0 Å². The predicted molar refractivity (Wildman–Crippen MR) is 128 cm³/mol. The normalized spacial score (nSPS) is 23.2. The molecule has 1 aliphatic rings. The van der Waals surface area contributed by atoms with Crippen LogP contribution in [0.15, 0.2) is 24.8 Å². The lowest BCUT2D eigenvalue weighted by Gasteiger charge is -2.39. The van der Waals surface area contributed by atoms with Gasteiger partial charge >= 0.3 is 12.1 Å². The van der Waals surface area contributed by atoms with Gasteiger partial charge in [-0.1, -0.05) is 18.2 Å². The molecule has 0 aliphatic carbocycles. The number of nitrogens with zero attached hydrogens (tertiary/aromatic N) is 1. The number of hydrogen-bond donors (Lipinski definition) is 1. The van der Waals surface area contributed by atoms with Gasteiger partial charge in [0.1, 0.15) is 17.2 Å². The summed E-state index contributed by atoms with van der Waals surface area (Å²) >= 11 is 0. The average Bonchev–Trinajstić information content (AvgIpc) is 3.01. The fourth-order valence-corrected chi connectivity index (χ4v) is 4.13. The molecular weight excluding hydrogens is 424 g/mol. The maximum absolute atomic E-state index is 13.5. The zero-order chi connectivity index (χ0) is 25.6. The molecule has 0 aromatic carbocycles. The summed E-state index contributed by atoms with van der Waals surface area (Å²) in [5.41, 5.74) is -1.50. The molecule has 0 saturated carbocycles. The fraction of sp³-hybridized carbons (Fsp3) is 0.720. The van der Waals surface area contributed by atoms with Crippen molar-refractivity contribution in [1.29, 1.82) is 0 Å². The van der Waals surface area contributed by atoms with Crippen molar-refractivity contribution in [2.45, 2.75) is 104 Å². The second-order valence-corrected chi connectivity index (χ2v) is 10.4. The number of carbonyl (C=O) groups is 3. The summed E-state index contributed by atoms with van der Waals surface area (Å²) in [6.07, 6.45) is 5.20. The second kappa shape index (κ2) is 11.7. The number of carbonyl (C=O) groups excluding carboxylic acids is 3. The van der Waals surface area contributed by atoms with Gasteiger partial charge in [0, 0.05) is 20.0 Å². The largest absolute Gasteiger partial charge is 0.458 e. The van der Waals surface area contributed by atoms with E-state index in [4.69, 9.17) is 14.2 Å². The maximum Gasteiger partial charge on any atom is 0.411 e. The number of nitrogens with one attached hydrogen (secondary N) is 1. The zero-order valence-electron chi connectivity index (χ0n) is 21.6. The van der Waals surface area contributed by atoms with Crippen LogP contribution in [0.3, 0.4) is 0 Å². The first-order chi connectivity index (χ1) is 15.1. The topological polar surface area (TPSA) is 94.2 Å². The highest BCUT2D eigenvalue weighted by atomic mass is 16.6. The van der Waals surface area contributed by atoms with E-state index in [9.17, 15) is 14.4 Å². The third-order valence-corrected chi connectivity index (χ3v) is 5.15. The molecule has 8 heteroatoms. The monoisotopic (exact) mass is 466 g/mol. The van der Waals surface area contributed by atoms with E-state index in [-0.39, 0.29) is 11.8 Å². The highest BCUT2D eigenvalue weighted by Crippen LogP contribution is 2.37. The molecule has 5 atom stereocenters. The molecule has 0 aromatic heterocycles. The van der Waals surface area contributed by atoms with Crippen molar-refractivity contribution < 1.29 is 28.6 Å². The smallest absolute Gasteiger partial charge is 0.411 e. The van der Waals surface area contributed by atoms with Crippen molar-refractivity contribution >= 4 is 18.0 Å². The van der Waals surface area contributed by atoms with E-state index in [1.165, 1.54) is 11.8 Å². The molecule has 1 N–H and O–H groups in total. The van der Waals surface area contributed by atoms with Crippen LogP contribution in [0.4, 0.5) is 4.79 Å². The molecule has 1 aliphatic heterocycles. The van der Waals surface area contributed by atoms with Crippen LogP contribution < -0.4 is 5.32 Å². The lowest BCUT2D eigenvalue weighted by Crippen LogP contribution is -2.60. The van der Waals surface area contributed by atoms with Crippen molar-refractivity contribution in [2.24, 2.45) is 5.92 Å². The molecule has 1 fully saturated rings. The molecule has 33 heavy (non-hydrogen) atoms. The first-order valence-corrected chi connectivity index (χ1v) is 11.4. The van der Waals surface area contributed by atoms with Gasteiger partial charge in [0.15, 0.2) is 0 Å². The Kier molecular flexibility index (Phi) is 10.2. The Balaban J connectivity index is 3.63. The number of allylic oxidation sites excluding steroid dienone is 1. The lowest BCUT2D eigenvalue weighted by molar-refractivity contribution is -0.160. The maximum atomic E-state index is 13.5. The average molecular weight is 467 g/mol. The number of hydrogen-bond acceptors (Lipinski definition) is 6.